The molecule has 1 aromatic carbocycles. The Hall–Kier alpha value is -1.10. The minimum Gasteiger partial charge on any atom is -0.493 e. The predicted octanol–water partition coefficient (Wildman–Crippen LogP) is 2.37. The number of hydrogen-bond acceptors (Lipinski definition) is 4. The van der Waals surface area contributed by atoms with Crippen LogP contribution >= 0.6 is 0 Å². The van der Waals surface area contributed by atoms with E-state index in [0.29, 0.717) is 39.6 Å². The summed E-state index contributed by atoms with van der Waals surface area (Å²) in [6.45, 7) is 10.0. The van der Waals surface area contributed by atoms with Crippen LogP contribution in [0.2, 0.25) is 0 Å². The Bertz CT molecular complexity index is 394. The van der Waals surface area contributed by atoms with Crippen molar-refractivity contribution < 1.29 is 14.2 Å². The van der Waals surface area contributed by atoms with E-state index in [2.05, 4.69) is 32.9 Å². The van der Waals surface area contributed by atoms with Crippen LogP contribution in [-0.4, -0.2) is 39.6 Å². The molecule has 0 heterocycles. The summed E-state index contributed by atoms with van der Waals surface area (Å²) in [4.78, 5) is 0. The average molecular weight is 281 g/mol. The second-order valence-electron chi connectivity index (χ2n) is 4.92. The number of rotatable bonds is 10. The molecule has 0 radical (unpaired) electrons. The third-order valence-electron chi connectivity index (χ3n) is 3.12. The lowest BCUT2D eigenvalue weighted by Crippen LogP contribution is -2.13. The Kier molecular flexibility index (Phi) is 8.26. The van der Waals surface area contributed by atoms with Crippen molar-refractivity contribution in [2.45, 2.75) is 27.2 Å². The van der Waals surface area contributed by atoms with Gasteiger partial charge in [-0.2, -0.15) is 0 Å². The Labute approximate surface area is 122 Å². The molecule has 0 bridgehead atoms. The van der Waals surface area contributed by atoms with Crippen LogP contribution < -0.4 is 10.5 Å². The topological polar surface area (TPSA) is 53.7 Å². The van der Waals surface area contributed by atoms with E-state index >= 15 is 0 Å². The molecular formula is C16H27NO3. The zero-order chi connectivity index (χ0) is 14.8. The molecule has 2 N–H and O–H groups in total. The van der Waals surface area contributed by atoms with E-state index in [1.54, 1.807) is 0 Å². The van der Waals surface area contributed by atoms with E-state index in [0.717, 1.165) is 12.2 Å². The summed E-state index contributed by atoms with van der Waals surface area (Å²) in [6, 6.07) is 4.27. The first-order valence-corrected chi connectivity index (χ1v) is 7.21. The van der Waals surface area contributed by atoms with E-state index in [1.165, 1.54) is 16.7 Å². The van der Waals surface area contributed by atoms with Crippen LogP contribution in [0, 0.1) is 20.8 Å². The van der Waals surface area contributed by atoms with Gasteiger partial charge in [-0.3, -0.25) is 0 Å². The van der Waals surface area contributed by atoms with Gasteiger partial charge in [-0.15, -0.1) is 0 Å². The summed E-state index contributed by atoms with van der Waals surface area (Å²) < 4.78 is 16.5. The van der Waals surface area contributed by atoms with Gasteiger partial charge >= 0.3 is 0 Å². The summed E-state index contributed by atoms with van der Waals surface area (Å²) in [6.07, 6.45) is 0.878. The Morgan fingerprint density at radius 3 is 2.15 bits per heavy atom. The summed E-state index contributed by atoms with van der Waals surface area (Å²) in [5, 5.41) is 0. The molecule has 0 atom stereocenters. The molecule has 0 saturated heterocycles. The third-order valence-corrected chi connectivity index (χ3v) is 3.12. The van der Waals surface area contributed by atoms with E-state index in [9.17, 15) is 0 Å². The molecule has 0 amide bonds. The van der Waals surface area contributed by atoms with Gasteiger partial charge in [0.2, 0.25) is 0 Å². The summed E-state index contributed by atoms with van der Waals surface area (Å²) in [7, 11) is 0. The smallest absolute Gasteiger partial charge is 0.122 e. The lowest BCUT2D eigenvalue weighted by Gasteiger charge is -2.12. The maximum atomic E-state index is 5.79. The third kappa shape index (κ3) is 6.37. The molecule has 0 spiro atoms. The molecule has 20 heavy (non-hydrogen) atoms. The maximum Gasteiger partial charge on any atom is 0.122 e. The van der Waals surface area contributed by atoms with E-state index < -0.39 is 0 Å². The van der Waals surface area contributed by atoms with Crippen molar-refractivity contribution in [2.75, 3.05) is 39.6 Å². The summed E-state index contributed by atoms with van der Waals surface area (Å²) in [5.41, 5.74) is 9.06. The van der Waals surface area contributed by atoms with Crippen LogP contribution in [0.15, 0.2) is 12.1 Å². The van der Waals surface area contributed by atoms with E-state index in [-0.39, 0.29) is 0 Å². The minimum absolute atomic E-state index is 0.559. The van der Waals surface area contributed by atoms with Gasteiger partial charge in [0.15, 0.2) is 0 Å². The molecule has 0 aliphatic carbocycles. The van der Waals surface area contributed by atoms with Crippen molar-refractivity contribution in [3.8, 4) is 5.75 Å². The molecular weight excluding hydrogens is 254 g/mol. The van der Waals surface area contributed by atoms with Crippen molar-refractivity contribution in [1.82, 2.24) is 0 Å². The number of aryl methyl sites for hydroxylation is 3. The Morgan fingerprint density at radius 1 is 0.800 bits per heavy atom. The van der Waals surface area contributed by atoms with Crippen LogP contribution in [-0.2, 0) is 9.47 Å². The highest BCUT2D eigenvalue weighted by atomic mass is 16.5. The Morgan fingerprint density at radius 2 is 1.45 bits per heavy atom. The van der Waals surface area contributed by atoms with E-state index in [4.69, 9.17) is 19.9 Å². The minimum atomic E-state index is 0.559. The molecule has 4 nitrogen and oxygen atoms in total. The maximum absolute atomic E-state index is 5.79. The van der Waals surface area contributed by atoms with Crippen molar-refractivity contribution in [3.63, 3.8) is 0 Å². The fourth-order valence-electron chi connectivity index (χ4n) is 1.84. The van der Waals surface area contributed by atoms with Crippen LogP contribution in [0.5, 0.6) is 5.75 Å². The lowest BCUT2D eigenvalue weighted by molar-refractivity contribution is 0.0463. The Balaban J connectivity index is 2.11. The standard InChI is InChI=1S/C16H27NO3/c1-13-11-15(3)16(12-14(13)2)20-7-4-6-18-9-10-19-8-5-17/h11-12H,4-10,17H2,1-3H3. The number of benzene rings is 1. The van der Waals surface area contributed by atoms with Crippen molar-refractivity contribution in [1.29, 1.82) is 0 Å². The molecule has 1 rings (SSSR count). The first-order chi connectivity index (χ1) is 9.65. The first kappa shape index (κ1) is 17.0. The largest absolute Gasteiger partial charge is 0.493 e. The molecule has 4 heteroatoms. The summed E-state index contributed by atoms with van der Waals surface area (Å²) >= 11 is 0. The molecule has 1 aromatic rings. The fourth-order valence-corrected chi connectivity index (χ4v) is 1.84. The highest BCUT2D eigenvalue weighted by Gasteiger charge is 2.02. The van der Waals surface area contributed by atoms with Gasteiger partial charge < -0.3 is 19.9 Å². The van der Waals surface area contributed by atoms with Gasteiger partial charge in [0.25, 0.3) is 0 Å². The number of hydrogen-bond donors (Lipinski definition) is 1. The molecule has 114 valence electrons. The second-order valence-corrected chi connectivity index (χ2v) is 4.92. The molecule has 0 aliphatic heterocycles. The van der Waals surface area contributed by atoms with Gasteiger partial charge in [-0.25, -0.2) is 0 Å². The zero-order valence-electron chi connectivity index (χ0n) is 12.9. The van der Waals surface area contributed by atoms with Crippen LogP contribution in [0.4, 0.5) is 0 Å². The molecule has 0 fully saturated rings. The molecule has 0 saturated carbocycles. The van der Waals surface area contributed by atoms with Gasteiger partial charge in [0, 0.05) is 19.6 Å². The van der Waals surface area contributed by atoms with Crippen LogP contribution in [0.1, 0.15) is 23.1 Å². The van der Waals surface area contributed by atoms with Crippen molar-refractivity contribution >= 4 is 0 Å². The van der Waals surface area contributed by atoms with Gasteiger partial charge in [-0.1, -0.05) is 6.07 Å². The summed E-state index contributed by atoms with van der Waals surface area (Å²) in [5.74, 6) is 0.972. The molecule has 0 unspecified atom stereocenters. The van der Waals surface area contributed by atoms with E-state index in [1.807, 2.05) is 0 Å². The average Bonchev–Trinajstić information content (AvgIpc) is 2.42. The number of nitrogens with two attached hydrogens (primary N) is 1. The highest BCUT2D eigenvalue weighted by molar-refractivity contribution is 5.40. The highest BCUT2D eigenvalue weighted by Crippen LogP contribution is 2.22. The molecule has 0 aliphatic rings. The van der Waals surface area contributed by atoms with Crippen molar-refractivity contribution in [3.05, 3.63) is 28.8 Å². The van der Waals surface area contributed by atoms with Crippen LogP contribution in [0.25, 0.3) is 0 Å². The van der Waals surface area contributed by atoms with Crippen LogP contribution in [0.3, 0.4) is 0 Å². The quantitative estimate of drug-likeness (QED) is 0.669. The lowest BCUT2D eigenvalue weighted by atomic mass is 10.1. The normalized spacial score (nSPS) is 10.8. The van der Waals surface area contributed by atoms with Gasteiger partial charge in [0.1, 0.15) is 5.75 Å². The monoisotopic (exact) mass is 281 g/mol. The fraction of sp³-hybridized carbons (Fsp3) is 0.625. The first-order valence-electron chi connectivity index (χ1n) is 7.21. The molecule has 0 aromatic heterocycles. The zero-order valence-corrected chi connectivity index (χ0v) is 12.9. The van der Waals surface area contributed by atoms with Gasteiger partial charge in [0.05, 0.1) is 26.4 Å². The number of ether oxygens (including phenoxy) is 3. The SMILES string of the molecule is Cc1cc(C)c(OCCCOCCOCCN)cc1C. The predicted molar refractivity (Wildman–Crippen MR) is 81.5 cm³/mol. The van der Waals surface area contributed by atoms with Crippen molar-refractivity contribution in [2.24, 2.45) is 5.73 Å². The second kappa shape index (κ2) is 9.75. The van der Waals surface area contributed by atoms with Gasteiger partial charge in [-0.05, 0) is 43.5 Å².